The number of aromatic nitrogens is 2. The number of rotatable bonds is 6. The summed E-state index contributed by atoms with van der Waals surface area (Å²) in [6.45, 7) is 2.12. The number of hydrogen-bond acceptors (Lipinski definition) is 6. The van der Waals surface area contributed by atoms with E-state index in [0.29, 0.717) is 0 Å². The van der Waals surface area contributed by atoms with Gasteiger partial charge < -0.3 is 5.73 Å². The van der Waals surface area contributed by atoms with Crippen LogP contribution in [-0.2, 0) is 4.79 Å². The van der Waals surface area contributed by atoms with Gasteiger partial charge in [0.25, 0.3) is 0 Å². The average Bonchev–Trinajstić information content (AvgIpc) is 2.59. The topological polar surface area (TPSA) is 68.9 Å². The molecular formula is C7H11N3OS3. The molecule has 0 unspecified atom stereocenters. The van der Waals surface area contributed by atoms with Gasteiger partial charge in [-0.05, 0) is 6.42 Å². The number of carbonyl (C=O) groups is 1. The molecule has 7 heteroatoms. The van der Waals surface area contributed by atoms with Gasteiger partial charge in [-0.15, -0.1) is 10.2 Å². The van der Waals surface area contributed by atoms with E-state index in [2.05, 4.69) is 17.1 Å². The standard InChI is InChI=1S/C7H11N3OS3/c1-2-3-12-6-9-10-7(14-6)13-4-5(8)11/h2-4H2,1H3,(H2,8,11). The highest BCUT2D eigenvalue weighted by molar-refractivity contribution is 8.03. The van der Waals surface area contributed by atoms with Gasteiger partial charge in [-0.2, -0.15) is 0 Å². The summed E-state index contributed by atoms with van der Waals surface area (Å²) in [5.41, 5.74) is 5.02. The first-order valence-electron chi connectivity index (χ1n) is 4.09. The first-order valence-corrected chi connectivity index (χ1v) is 6.88. The van der Waals surface area contributed by atoms with Gasteiger partial charge in [-0.3, -0.25) is 4.79 Å². The minimum atomic E-state index is -0.326. The molecule has 14 heavy (non-hydrogen) atoms. The van der Waals surface area contributed by atoms with Crippen LogP contribution in [-0.4, -0.2) is 27.6 Å². The van der Waals surface area contributed by atoms with Crippen molar-refractivity contribution in [1.82, 2.24) is 10.2 Å². The Morgan fingerprint density at radius 2 is 2.07 bits per heavy atom. The minimum absolute atomic E-state index is 0.271. The third-order valence-corrected chi connectivity index (χ3v) is 4.57. The van der Waals surface area contributed by atoms with Crippen LogP contribution in [0.5, 0.6) is 0 Å². The van der Waals surface area contributed by atoms with Crippen LogP contribution < -0.4 is 5.73 Å². The van der Waals surface area contributed by atoms with Crippen molar-refractivity contribution in [3.05, 3.63) is 0 Å². The zero-order chi connectivity index (χ0) is 10.4. The second-order valence-electron chi connectivity index (χ2n) is 2.44. The summed E-state index contributed by atoms with van der Waals surface area (Å²) in [4.78, 5) is 10.5. The fraction of sp³-hybridized carbons (Fsp3) is 0.571. The smallest absolute Gasteiger partial charge is 0.227 e. The molecule has 0 aliphatic heterocycles. The summed E-state index contributed by atoms with van der Waals surface area (Å²) < 4.78 is 1.77. The number of amides is 1. The highest BCUT2D eigenvalue weighted by Gasteiger charge is 2.05. The number of hydrogen-bond donors (Lipinski definition) is 1. The Balaban J connectivity index is 2.38. The Morgan fingerprint density at radius 1 is 1.43 bits per heavy atom. The summed E-state index contributed by atoms with van der Waals surface area (Å²) in [5, 5.41) is 7.93. The van der Waals surface area contributed by atoms with Gasteiger partial charge in [0, 0.05) is 5.75 Å². The molecule has 0 saturated carbocycles. The largest absolute Gasteiger partial charge is 0.369 e. The number of carbonyl (C=O) groups excluding carboxylic acids is 1. The van der Waals surface area contributed by atoms with E-state index in [-0.39, 0.29) is 11.7 Å². The third kappa shape index (κ3) is 4.30. The lowest BCUT2D eigenvalue weighted by Gasteiger charge is -1.90. The van der Waals surface area contributed by atoms with Gasteiger partial charge in [0.2, 0.25) is 5.91 Å². The molecule has 0 fully saturated rings. The summed E-state index contributed by atoms with van der Waals surface area (Å²) in [6.07, 6.45) is 1.12. The van der Waals surface area contributed by atoms with E-state index in [1.54, 1.807) is 11.8 Å². The van der Waals surface area contributed by atoms with Crippen LogP contribution in [0.15, 0.2) is 8.68 Å². The molecule has 0 bridgehead atoms. The maximum Gasteiger partial charge on any atom is 0.227 e. The van der Waals surface area contributed by atoms with Crippen molar-refractivity contribution in [3.63, 3.8) is 0 Å². The molecule has 1 rings (SSSR count). The van der Waals surface area contributed by atoms with Crippen LogP contribution in [0.4, 0.5) is 0 Å². The molecule has 0 saturated heterocycles. The maximum absolute atomic E-state index is 10.5. The Bertz CT molecular complexity index is 302. The average molecular weight is 249 g/mol. The third-order valence-electron chi connectivity index (χ3n) is 1.16. The van der Waals surface area contributed by atoms with Crippen molar-refractivity contribution in [2.45, 2.75) is 22.0 Å². The second kappa shape index (κ2) is 6.26. The summed E-state index contributed by atoms with van der Waals surface area (Å²) in [5.74, 6) is 0.996. The monoisotopic (exact) mass is 249 g/mol. The SMILES string of the molecule is CCCSc1nnc(SCC(N)=O)s1. The molecule has 1 heterocycles. The lowest BCUT2D eigenvalue weighted by atomic mass is 10.6. The summed E-state index contributed by atoms with van der Waals surface area (Å²) in [6, 6.07) is 0. The van der Waals surface area contributed by atoms with Crippen molar-refractivity contribution in [3.8, 4) is 0 Å². The number of primary amides is 1. The van der Waals surface area contributed by atoms with Gasteiger partial charge in [0.1, 0.15) is 0 Å². The first kappa shape index (κ1) is 11.8. The Morgan fingerprint density at radius 3 is 2.64 bits per heavy atom. The van der Waals surface area contributed by atoms with Gasteiger partial charge in [-0.1, -0.05) is 41.8 Å². The Hall–Kier alpha value is -0.270. The van der Waals surface area contributed by atoms with Crippen LogP contribution in [0.25, 0.3) is 0 Å². The molecule has 1 aromatic rings. The molecule has 1 aromatic heterocycles. The number of thioether (sulfide) groups is 2. The highest BCUT2D eigenvalue weighted by atomic mass is 32.2. The van der Waals surface area contributed by atoms with E-state index in [1.165, 1.54) is 23.1 Å². The zero-order valence-corrected chi connectivity index (χ0v) is 10.2. The van der Waals surface area contributed by atoms with E-state index in [4.69, 9.17) is 5.73 Å². The van der Waals surface area contributed by atoms with Crippen molar-refractivity contribution < 1.29 is 4.79 Å². The van der Waals surface area contributed by atoms with E-state index >= 15 is 0 Å². The fourth-order valence-electron chi connectivity index (χ4n) is 0.636. The quantitative estimate of drug-likeness (QED) is 0.776. The lowest BCUT2D eigenvalue weighted by molar-refractivity contribution is -0.115. The Labute approximate surface area is 95.1 Å². The minimum Gasteiger partial charge on any atom is -0.369 e. The molecule has 0 atom stereocenters. The maximum atomic E-state index is 10.5. The molecule has 0 aliphatic carbocycles. The van der Waals surface area contributed by atoms with Gasteiger partial charge in [0.05, 0.1) is 5.75 Å². The van der Waals surface area contributed by atoms with Gasteiger partial charge >= 0.3 is 0 Å². The summed E-state index contributed by atoms with van der Waals surface area (Å²) in [7, 11) is 0. The molecular weight excluding hydrogens is 238 g/mol. The molecule has 0 radical (unpaired) electrons. The second-order valence-corrected chi connectivity index (χ2v) is 5.98. The summed E-state index contributed by atoms with van der Waals surface area (Å²) >= 11 is 4.54. The molecule has 0 spiro atoms. The molecule has 2 N–H and O–H groups in total. The van der Waals surface area contributed by atoms with E-state index < -0.39 is 0 Å². The molecule has 78 valence electrons. The van der Waals surface area contributed by atoms with Gasteiger partial charge in [0.15, 0.2) is 8.68 Å². The van der Waals surface area contributed by atoms with E-state index in [9.17, 15) is 4.79 Å². The molecule has 1 amide bonds. The van der Waals surface area contributed by atoms with Crippen LogP contribution in [0.1, 0.15) is 13.3 Å². The highest BCUT2D eigenvalue weighted by Crippen LogP contribution is 2.28. The number of nitrogens with two attached hydrogens (primary N) is 1. The van der Waals surface area contributed by atoms with Crippen molar-refractivity contribution in [1.29, 1.82) is 0 Å². The molecule has 0 aliphatic rings. The fourth-order valence-corrected chi connectivity index (χ4v) is 3.32. The van der Waals surface area contributed by atoms with Gasteiger partial charge in [-0.25, -0.2) is 0 Å². The predicted octanol–water partition coefficient (Wildman–Crippen LogP) is 1.62. The predicted molar refractivity (Wildman–Crippen MR) is 60.8 cm³/mol. The van der Waals surface area contributed by atoms with Crippen LogP contribution in [0.3, 0.4) is 0 Å². The zero-order valence-electron chi connectivity index (χ0n) is 7.73. The molecule has 0 aromatic carbocycles. The lowest BCUT2D eigenvalue weighted by Crippen LogP contribution is -2.12. The van der Waals surface area contributed by atoms with Crippen LogP contribution >= 0.6 is 34.9 Å². The van der Waals surface area contributed by atoms with Crippen molar-refractivity contribution in [2.24, 2.45) is 5.73 Å². The first-order chi connectivity index (χ1) is 6.72. The van der Waals surface area contributed by atoms with Crippen LogP contribution in [0.2, 0.25) is 0 Å². The van der Waals surface area contributed by atoms with Crippen molar-refractivity contribution in [2.75, 3.05) is 11.5 Å². The van der Waals surface area contributed by atoms with Crippen molar-refractivity contribution >= 4 is 40.8 Å². The number of nitrogens with zero attached hydrogens (tertiary/aromatic N) is 2. The van der Waals surface area contributed by atoms with E-state index in [1.807, 2.05) is 0 Å². The van der Waals surface area contributed by atoms with E-state index in [0.717, 1.165) is 20.9 Å². The molecule has 4 nitrogen and oxygen atoms in total. The Kier molecular flexibility index (Phi) is 5.28. The normalized spacial score (nSPS) is 10.4. The van der Waals surface area contributed by atoms with Crippen LogP contribution in [0, 0.1) is 0 Å².